The number of nitrogens with one attached hydrogen (secondary N) is 1. The highest BCUT2D eigenvalue weighted by molar-refractivity contribution is 8.77. The molecule has 2 aromatic rings. The van der Waals surface area contributed by atoms with Crippen molar-refractivity contribution in [2.45, 2.75) is 34.4 Å². The largest absolute Gasteiger partial charge is 0.480 e. The van der Waals surface area contributed by atoms with Crippen LogP contribution in [0.15, 0.2) is 58.3 Å². The molecule has 1 atom stereocenters. The molecule has 11 heteroatoms. The van der Waals surface area contributed by atoms with Crippen LogP contribution in [0.2, 0.25) is 0 Å². The zero-order valence-corrected chi connectivity index (χ0v) is 18.1. The van der Waals surface area contributed by atoms with Gasteiger partial charge in [-0.3, -0.25) is 9.59 Å². The topological polar surface area (TPSA) is 153 Å². The third kappa shape index (κ3) is 6.21. The van der Waals surface area contributed by atoms with Gasteiger partial charge in [-0.2, -0.15) is 0 Å². The zero-order chi connectivity index (χ0) is 21.8. The van der Waals surface area contributed by atoms with Crippen LogP contribution in [0.1, 0.15) is 24.2 Å². The van der Waals surface area contributed by atoms with Crippen LogP contribution in [0.4, 0.5) is 5.69 Å². The zero-order valence-electron chi connectivity index (χ0n) is 15.7. The Kier molecular flexibility index (Phi) is 7.35. The van der Waals surface area contributed by atoms with Crippen LogP contribution in [0.3, 0.4) is 0 Å². The van der Waals surface area contributed by atoms with Gasteiger partial charge in [-0.05, 0) is 50.2 Å². The van der Waals surface area contributed by atoms with Crippen molar-refractivity contribution in [3.8, 4) is 0 Å². The maximum atomic E-state index is 12.7. The van der Waals surface area contributed by atoms with E-state index in [2.05, 4.69) is 5.32 Å². The number of hydrogen-bond donors (Lipinski definition) is 4. The second-order valence-corrected chi connectivity index (χ2v) is 11.0. The van der Waals surface area contributed by atoms with Gasteiger partial charge in [0, 0.05) is 15.3 Å². The van der Waals surface area contributed by atoms with Crippen LogP contribution in [-0.2, 0) is 14.8 Å². The van der Waals surface area contributed by atoms with Crippen molar-refractivity contribution < 1.29 is 23.1 Å². The first kappa shape index (κ1) is 23.2. The molecule has 2 aromatic carbocycles. The second kappa shape index (κ2) is 9.18. The first-order valence-electron chi connectivity index (χ1n) is 8.29. The Morgan fingerprint density at radius 3 is 2.24 bits per heavy atom. The molecule has 156 valence electrons. The fourth-order valence-corrected chi connectivity index (χ4v) is 5.22. The molecule has 0 saturated heterocycles. The molecule has 8 nitrogen and oxygen atoms in total. The van der Waals surface area contributed by atoms with E-state index in [-0.39, 0.29) is 4.90 Å². The normalized spacial score (nSPS) is 13.0. The van der Waals surface area contributed by atoms with E-state index in [1.807, 2.05) is 0 Å². The Labute approximate surface area is 176 Å². The smallest absolute Gasteiger partial charge is 0.321 e. The third-order valence-corrected chi connectivity index (χ3v) is 8.24. The highest BCUT2D eigenvalue weighted by Gasteiger charge is 2.33. The van der Waals surface area contributed by atoms with Gasteiger partial charge in [0.15, 0.2) is 0 Å². The number of sulfonamides is 1. The number of nitrogens with two attached hydrogens (primary N) is 2. The van der Waals surface area contributed by atoms with E-state index in [1.54, 1.807) is 38.1 Å². The maximum Gasteiger partial charge on any atom is 0.321 e. The number of carbonyl (C=O) groups is 2. The summed E-state index contributed by atoms with van der Waals surface area (Å²) in [5, 5.41) is 16.9. The van der Waals surface area contributed by atoms with E-state index >= 15 is 0 Å². The second-order valence-electron chi connectivity index (χ2n) is 6.61. The summed E-state index contributed by atoms with van der Waals surface area (Å²) in [6, 6.07) is 11.3. The molecular formula is C18H21N3O5S3. The summed E-state index contributed by atoms with van der Waals surface area (Å²) in [7, 11) is -1.29. The minimum atomic E-state index is -3.81. The molecule has 2 rings (SSSR count). The predicted octanol–water partition coefficient (Wildman–Crippen LogP) is 2.52. The number of anilines is 1. The SMILES string of the molecule is CC(C)(SSc1ccccc1C(=O)Nc1ccc(S(N)(=O)=O)cc1)[C@H](N)C(=O)O. The summed E-state index contributed by atoms with van der Waals surface area (Å²) in [5.74, 6) is -1.49. The average Bonchev–Trinajstić information content (AvgIpc) is 2.65. The summed E-state index contributed by atoms with van der Waals surface area (Å²) in [6.07, 6.45) is 0. The van der Waals surface area contributed by atoms with Crippen molar-refractivity contribution in [3.63, 3.8) is 0 Å². The molecule has 6 N–H and O–H groups in total. The lowest BCUT2D eigenvalue weighted by molar-refractivity contribution is -0.139. The minimum Gasteiger partial charge on any atom is -0.480 e. The summed E-state index contributed by atoms with van der Waals surface area (Å²) in [6.45, 7) is 3.44. The fraction of sp³-hybridized carbons (Fsp3) is 0.222. The standard InChI is InChI=1S/C18H21N3O5S3/c1-18(2,15(19)17(23)24)28-27-14-6-4-3-5-13(14)16(22)21-11-7-9-12(10-8-11)29(20,25)26/h3-10,15H,19H2,1-2H3,(H,21,22)(H,23,24)(H2,20,25,26)/t15-/m1/s1. The lowest BCUT2D eigenvalue weighted by Gasteiger charge is -2.27. The maximum absolute atomic E-state index is 12.7. The Hall–Kier alpha value is -2.05. The molecule has 0 aliphatic carbocycles. The third-order valence-electron chi connectivity index (χ3n) is 3.93. The Morgan fingerprint density at radius 1 is 1.10 bits per heavy atom. The van der Waals surface area contributed by atoms with Crippen LogP contribution >= 0.6 is 21.6 Å². The number of aliphatic carboxylic acids is 1. The van der Waals surface area contributed by atoms with Gasteiger partial charge in [-0.1, -0.05) is 33.7 Å². The number of carboxylic acids is 1. The number of carbonyl (C=O) groups excluding carboxylic acids is 1. The lowest BCUT2D eigenvalue weighted by Crippen LogP contribution is -2.46. The molecule has 29 heavy (non-hydrogen) atoms. The molecule has 0 aliphatic rings. The summed E-state index contributed by atoms with van der Waals surface area (Å²) in [5.41, 5.74) is 6.53. The van der Waals surface area contributed by atoms with Crippen LogP contribution in [0.5, 0.6) is 0 Å². The van der Waals surface area contributed by atoms with Gasteiger partial charge < -0.3 is 16.2 Å². The van der Waals surface area contributed by atoms with Crippen LogP contribution in [-0.4, -0.2) is 36.2 Å². The van der Waals surface area contributed by atoms with Crippen molar-refractivity contribution in [3.05, 3.63) is 54.1 Å². The van der Waals surface area contributed by atoms with Crippen LogP contribution < -0.4 is 16.2 Å². The van der Waals surface area contributed by atoms with E-state index in [0.29, 0.717) is 16.1 Å². The first-order chi connectivity index (χ1) is 13.4. The van der Waals surface area contributed by atoms with Crippen molar-refractivity contribution in [1.82, 2.24) is 0 Å². The molecule has 0 unspecified atom stereocenters. The van der Waals surface area contributed by atoms with Crippen molar-refractivity contribution in [1.29, 1.82) is 0 Å². The Balaban J connectivity index is 2.15. The number of hydrogen-bond acceptors (Lipinski definition) is 7. The van der Waals surface area contributed by atoms with Crippen LogP contribution in [0.25, 0.3) is 0 Å². The summed E-state index contributed by atoms with van der Waals surface area (Å²) >= 11 is 0. The fourth-order valence-electron chi connectivity index (χ4n) is 2.15. The number of rotatable bonds is 8. The molecular weight excluding hydrogens is 434 g/mol. The lowest BCUT2D eigenvalue weighted by atomic mass is 10.1. The molecule has 0 aliphatic heterocycles. The van der Waals surface area contributed by atoms with Crippen molar-refractivity contribution in [2.75, 3.05) is 5.32 Å². The minimum absolute atomic E-state index is 0.0557. The van der Waals surface area contributed by atoms with E-state index in [9.17, 15) is 18.0 Å². The molecule has 0 spiro atoms. The first-order valence-corrected chi connectivity index (χ1v) is 12.0. The van der Waals surface area contributed by atoms with E-state index < -0.39 is 32.7 Å². The molecule has 0 saturated carbocycles. The monoisotopic (exact) mass is 455 g/mol. The predicted molar refractivity (Wildman–Crippen MR) is 115 cm³/mol. The van der Waals surface area contributed by atoms with Gasteiger partial charge >= 0.3 is 5.97 Å². The number of carboxylic acid groups (broad SMARTS) is 1. The van der Waals surface area contributed by atoms with E-state index in [0.717, 1.165) is 0 Å². The Bertz CT molecular complexity index is 1010. The number of amides is 1. The Morgan fingerprint density at radius 2 is 1.69 bits per heavy atom. The molecule has 0 aromatic heterocycles. The van der Waals surface area contributed by atoms with Gasteiger partial charge in [-0.15, -0.1) is 0 Å². The quantitative estimate of drug-likeness (QED) is 0.443. The van der Waals surface area contributed by atoms with Crippen LogP contribution in [0, 0.1) is 0 Å². The van der Waals surface area contributed by atoms with Crippen molar-refractivity contribution in [2.24, 2.45) is 10.9 Å². The van der Waals surface area contributed by atoms with Gasteiger partial charge in [0.05, 0.1) is 10.5 Å². The molecule has 0 radical (unpaired) electrons. The number of benzene rings is 2. The van der Waals surface area contributed by atoms with Crippen molar-refractivity contribution >= 4 is 49.2 Å². The summed E-state index contributed by atoms with van der Waals surface area (Å²) in [4.78, 5) is 24.4. The molecule has 0 fully saturated rings. The van der Waals surface area contributed by atoms with Gasteiger partial charge in [-0.25, -0.2) is 13.6 Å². The molecule has 0 bridgehead atoms. The van der Waals surface area contributed by atoms with E-state index in [1.165, 1.54) is 45.9 Å². The highest BCUT2D eigenvalue weighted by Crippen LogP contribution is 2.43. The molecule has 1 amide bonds. The molecule has 0 heterocycles. The highest BCUT2D eigenvalue weighted by atomic mass is 33.1. The summed E-state index contributed by atoms with van der Waals surface area (Å²) < 4.78 is 21.9. The number of primary sulfonamides is 1. The van der Waals surface area contributed by atoms with Gasteiger partial charge in [0.1, 0.15) is 6.04 Å². The average molecular weight is 456 g/mol. The van der Waals surface area contributed by atoms with Gasteiger partial charge in [0.2, 0.25) is 10.0 Å². The van der Waals surface area contributed by atoms with Gasteiger partial charge in [0.25, 0.3) is 5.91 Å². The van der Waals surface area contributed by atoms with E-state index in [4.69, 9.17) is 16.0 Å².